The van der Waals surface area contributed by atoms with Crippen LogP contribution in [0.4, 0.5) is 5.69 Å². The van der Waals surface area contributed by atoms with E-state index in [1.807, 2.05) is 12.1 Å². The van der Waals surface area contributed by atoms with Gasteiger partial charge in [0, 0.05) is 31.6 Å². The van der Waals surface area contributed by atoms with E-state index in [1.165, 1.54) is 6.92 Å². The van der Waals surface area contributed by atoms with Crippen molar-refractivity contribution < 1.29 is 4.79 Å². The highest BCUT2D eigenvalue weighted by molar-refractivity contribution is 6.30. The summed E-state index contributed by atoms with van der Waals surface area (Å²) in [6.07, 6.45) is 2.17. The summed E-state index contributed by atoms with van der Waals surface area (Å²) >= 11 is 5.93. The average molecular weight is 292 g/mol. The molecular weight excluding hydrogens is 274 g/mol. The first-order valence-electron chi connectivity index (χ1n) is 6.79. The van der Waals surface area contributed by atoms with Crippen LogP contribution in [0.5, 0.6) is 0 Å². The molecule has 1 aliphatic heterocycles. The molecular formula is C15H18ClN3O. The lowest BCUT2D eigenvalue weighted by Gasteiger charge is -2.35. The molecule has 1 saturated heterocycles. The van der Waals surface area contributed by atoms with Crippen molar-refractivity contribution in [3.05, 3.63) is 28.8 Å². The summed E-state index contributed by atoms with van der Waals surface area (Å²) in [5, 5.41) is 12.7. The minimum absolute atomic E-state index is 0.00586. The Bertz CT molecular complexity index is 538. The normalized spacial score (nSPS) is 18.4. The molecule has 0 saturated carbocycles. The van der Waals surface area contributed by atoms with Crippen LogP contribution in [-0.2, 0) is 4.79 Å². The maximum atomic E-state index is 11.0. The molecule has 0 unspecified atom stereocenters. The van der Waals surface area contributed by atoms with E-state index in [9.17, 15) is 10.1 Å². The van der Waals surface area contributed by atoms with Crippen LogP contribution in [0.1, 0.15) is 25.3 Å². The lowest BCUT2D eigenvalue weighted by molar-refractivity contribution is -0.119. The molecule has 1 N–H and O–H groups in total. The van der Waals surface area contributed by atoms with Gasteiger partial charge in [-0.2, -0.15) is 5.26 Å². The summed E-state index contributed by atoms with van der Waals surface area (Å²) < 4.78 is 0. The number of anilines is 1. The van der Waals surface area contributed by atoms with Crippen LogP contribution in [0.25, 0.3) is 0 Å². The molecule has 20 heavy (non-hydrogen) atoms. The third-order valence-corrected chi connectivity index (χ3v) is 3.81. The standard InChI is InChI=1S/C15H18ClN3O/c1-11(20)18-9-12-3-2-6-19(10-12)15-5-4-14(16)7-13(15)8-17/h4-5,7,12H,2-3,6,9-10H2,1H3,(H,18,20)/t12-/m1/s1. The Morgan fingerprint density at radius 1 is 1.60 bits per heavy atom. The monoisotopic (exact) mass is 291 g/mol. The first-order valence-corrected chi connectivity index (χ1v) is 7.17. The van der Waals surface area contributed by atoms with Gasteiger partial charge >= 0.3 is 0 Å². The highest BCUT2D eigenvalue weighted by Gasteiger charge is 2.22. The molecule has 0 aliphatic carbocycles. The zero-order valence-corrected chi connectivity index (χ0v) is 12.3. The summed E-state index contributed by atoms with van der Waals surface area (Å²) in [6, 6.07) is 7.62. The van der Waals surface area contributed by atoms with Gasteiger partial charge in [-0.1, -0.05) is 11.6 Å². The number of carbonyl (C=O) groups excluding carboxylic acids is 1. The Balaban J connectivity index is 2.09. The first kappa shape index (κ1) is 14.7. The van der Waals surface area contributed by atoms with Crippen LogP contribution in [-0.4, -0.2) is 25.5 Å². The number of carbonyl (C=O) groups is 1. The number of nitrogens with one attached hydrogen (secondary N) is 1. The molecule has 1 aliphatic rings. The number of nitriles is 1. The molecule has 0 spiro atoms. The smallest absolute Gasteiger partial charge is 0.216 e. The van der Waals surface area contributed by atoms with Crippen LogP contribution < -0.4 is 10.2 Å². The summed E-state index contributed by atoms with van der Waals surface area (Å²) in [5.41, 5.74) is 1.54. The number of amides is 1. The third kappa shape index (κ3) is 3.64. The Hall–Kier alpha value is -1.73. The molecule has 1 atom stereocenters. The van der Waals surface area contributed by atoms with Crippen LogP contribution >= 0.6 is 11.6 Å². The van der Waals surface area contributed by atoms with Gasteiger partial charge in [0.25, 0.3) is 0 Å². The topological polar surface area (TPSA) is 56.1 Å². The van der Waals surface area contributed by atoms with Gasteiger partial charge in [-0.3, -0.25) is 4.79 Å². The van der Waals surface area contributed by atoms with E-state index < -0.39 is 0 Å². The highest BCUT2D eigenvalue weighted by atomic mass is 35.5. The number of benzene rings is 1. The Morgan fingerprint density at radius 3 is 3.10 bits per heavy atom. The largest absolute Gasteiger partial charge is 0.370 e. The van der Waals surface area contributed by atoms with E-state index in [2.05, 4.69) is 16.3 Å². The number of hydrogen-bond acceptors (Lipinski definition) is 3. The molecule has 1 heterocycles. The summed E-state index contributed by atoms with van der Waals surface area (Å²) in [7, 11) is 0. The SMILES string of the molecule is CC(=O)NC[C@H]1CCCN(c2ccc(Cl)cc2C#N)C1. The highest BCUT2D eigenvalue weighted by Crippen LogP contribution is 2.28. The van der Waals surface area contributed by atoms with Crippen molar-refractivity contribution in [2.75, 3.05) is 24.5 Å². The quantitative estimate of drug-likeness (QED) is 0.931. The second-order valence-corrected chi connectivity index (χ2v) is 5.60. The average Bonchev–Trinajstić information content (AvgIpc) is 2.45. The van der Waals surface area contributed by atoms with Crippen molar-refractivity contribution in [2.24, 2.45) is 5.92 Å². The third-order valence-electron chi connectivity index (χ3n) is 3.58. The zero-order valence-electron chi connectivity index (χ0n) is 11.5. The van der Waals surface area contributed by atoms with Gasteiger partial charge in [0.2, 0.25) is 5.91 Å². The van der Waals surface area contributed by atoms with Gasteiger partial charge in [0.05, 0.1) is 11.3 Å². The predicted octanol–water partition coefficient (Wildman–Crippen LogP) is 2.56. The second kappa shape index (κ2) is 6.62. The van der Waals surface area contributed by atoms with Crippen LogP contribution in [0.15, 0.2) is 18.2 Å². The van der Waals surface area contributed by atoms with E-state index in [0.29, 0.717) is 23.0 Å². The number of nitrogens with zero attached hydrogens (tertiary/aromatic N) is 2. The molecule has 1 aromatic rings. The fourth-order valence-corrected chi connectivity index (χ4v) is 2.78. The maximum Gasteiger partial charge on any atom is 0.216 e. The number of rotatable bonds is 3. The van der Waals surface area contributed by atoms with Gasteiger partial charge in [-0.05, 0) is 37.0 Å². The van der Waals surface area contributed by atoms with Crippen molar-refractivity contribution in [1.82, 2.24) is 5.32 Å². The van der Waals surface area contributed by atoms with E-state index in [-0.39, 0.29) is 5.91 Å². The fourth-order valence-electron chi connectivity index (χ4n) is 2.61. The summed E-state index contributed by atoms with van der Waals surface area (Å²) in [6.45, 7) is 4.03. The lowest BCUT2D eigenvalue weighted by atomic mass is 9.97. The number of hydrogen-bond donors (Lipinski definition) is 1. The molecule has 2 rings (SSSR count). The minimum atomic E-state index is 0.00586. The Labute approximate surface area is 124 Å². The second-order valence-electron chi connectivity index (χ2n) is 5.16. The molecule has 1 fully saturated rings. The number of piperidine rings is 1. The molecule has 1 aromatic carbocycles. The lowest BCUT2D eigenvalue weighted by Crippen LogP contribution is -2.40. The van der Waals surface area contributed by atoms with Gasteiger partial charge in [-0.15, -0.1) is 0 Å². The van der Waals surface area contributed by atoms with Crippen LogP contribution in [0.2, 0.25) is 5.02 Å². The molecule has 0 bridgehead atoms. The van der Waals surface area contributed by atoms with Crippen molar-refractivity contribution in [1.29, 1.82) is 5.26 Å². The minimum Gasteiger partial charge on any atom is -0.370 e. The van der Waals surface area contributed by atoms with Crippen molar-refractivity contribution in [3.8, 4) is 6.07 Å². The Morgan fingerprint density at radius 2 is 2.40 bits per heavy atom. The van der Waals surface area contributed by atoms with Gasteiger partial charge in [-0.25, -0.2) is 0 Å². The van der Waals surface area contributed by atoms with E-state index in [1.54, 1.807) is 6.07 Å². The maximum absolute atomic E-state index is 11.0. The van der Waals surface area contributed by atoms with Crippen molar-refractivity contribution >= 4 is 23.2 Å². The summed E-state index contributed by atoms with van der Waals surface area (Å²) in [5.74, 6) is 0.432. The predicted molar refractivity (Wildman–Crippen MR) is 79.8 cm³/mol. The van der Waals surface area contributed by atoms with E-state index >= 15 is 0 Å². The van der Waals surface area contributed by atoms with Crippen LogP contribution in [0, 0.1) is 17.2 Å². The molecule has 4 nitrogen and oxygen atoms in total. The number of halogens is 1. The van der Waals surface area contributed by atoms with Gasteiger partial charge in [0.1, 0.15) is 6.07 Å². The van der Waals surface area contributed by atoms with Crippen molar-refractivity contribution in [3.63, 3.8) is 0 Å². The zero-order chi connectivity index (χ0) is 14.5. The molecule has 106 valence electrons. The van der Waals surface area contributed by atoms with Gasteiger partial charge < -0.3 is 10.2 Å². The van der Waals surface area contributed by atoms with Crippen molar-refractivity contribution in [2.45, 2.75) is 19.8 Å². The Kier molecular flexibility index (Phi) is 4.86. The summed E-state index contributed by atoms with van der Waals surface area (Å²) in [4.78, 5) is 13.2. The molecule has 0 radical (unpaired) electrons. The van der Waals surface area contributed by atoms with E-state index in [0.717, 1.165) is 31.6 Å². The first-order chi connectivity index (χ1) is 9.60. The van der Waals surface area contributed by atoms with E-state index in [4.69, 9.17) is 11.6 Å². The van der Waals surface area contributed by atoms with Gasteiger partial charge in [0.15, 0.2) is 0 Å². The molecule has 5 heteroatoms. The molecule has 0 aromatic heterocycles. The van der Waals surface area contributed by atoms with Crippen LogP contribution in [0.3, 0.4) is 0 Å². The fraction of sp³-hybridized carbons (Fsp3) is 0.467. The molecule has 1 amide bonds.